The summed E-state index contributed by atoms with van der Waals surface area (Å²) in [7, 11) is 0. The molecule has 3 atom stereocenters. The van der Waals surface area contributed by atoms with Gasteiger partial charge in [-0.1, -0.05) is 47.5 Å². The fourth-order valence-corrected chi connectivity index (χ4v) is 4.02. The van der Waals surface area contributed by atoms with Gasteiger partial charge in [-0.2, -0.15) is 0 Å². The molecule has 0 aliphatic heterocycles. The molecule has 1 aliphatic rings. The van der Waals surface area contributed by atoms with Gasteiger partial charge in [0.1, 0.15) is 0 Å². The third-order valence-corrected chi connectivity index (χ3v) is 6.35. The predicted molar refractivity (Wildman–Crippen MR) is 97.3 cm³/mol. The van der Waals surface area contributed by atoms with Crippen LogP contribution in [0, 0.1) is 23.2 Å². The first-order valence-electron chi connectivity index (χ1n) is 10.2. The Morgan fingerprint density at radius 1 is 0.840 bits per heavy atom. The third-order valence-electron chi connectivity index (χ3n) is 6.35. The Labute approximate surface area is 152 Å². The Kier molecular flexibility index (Phi) is 8.27. The second-order valence-electron chi connectivity index (χ2n) is 9.03. The topological polar surface area (TPSA) is 0 Å². The zero-order valence-corrected chi connectivity index (χ0v) is 16.8. The van der Waals surface area contributed by atoms with Crippen LogP contribution in [-0.4, -0.2) is 11.8 Å². The molecule has 0 bridgehead atoms. The molecular weight excluding hydrogens is 328 g/mol. The molecule has 0 spiro atoms. The summed E-state index contributed by atoms with van der Waals surface area (Å²) in [5.41, 5.74) is 0.441. The second kappa shape index (κ2) is 9.08. The van der Waals surface area contributed by atoms with E-state index in [2.05, 4.69) is 6.92 Å². The highest BCUT2D eigenvalue weighted by Crippen LogP contribution is 2.53. The molecule has 150 valence electrons. The van der Waals surface area contributed by atoms with Crippen LogP contribution in [0.4, 0.5) is 17.6 Å². The Bertz CT molecular complexity index is 387. The molecule has 1 rings (SSSR count). The van der Waals surface area contributed by atoms with E-state index < -0.39 is 23.7 Å². The van der Waals surface area contributed by atoms with Gasteiger partial charge < -0.3 is 0 Å². The number of hydrogen-bond acceptors (Lipinski definition) is 0. The van der Waals surface area contributed by atoms with Crippen molar-refractivity contribution >= 4 is 0 Å². The highest BCUT2D eigenvalue weighted by molar-refractivity contribution is 4.92. The minimum Gasteiger partial charge on any atom is -0.207 e. The zero-order valence-electron chi connectivity index (χ0n) is 16.8. The van der Waals surface area contributed by atoms with Crippen molar-refractivity contribution in [1.29, 1.82) is 0 Å². The van der Waals surface area contributed by atoms with Crippen molar-refractivity contribution in [3.63, 3.8) is 0 Å². The van der Waals surface area contributed by atoms with Gasteiger partial charge in [-0.25, -0.2) is 17.6 Å². The fourth-order valence-electron chi connectivity index (χ4n) is 4.02. The maximum absolute atomic E-state index is 14.4. The summed E-state index contributed by atoms with van der Waals surface area (Å²) in [6.45, 7) is 9.20. The van der Waals surface area contributed by atoms with Crippen molar-refractivity contribution in [2.75, 3.05) is 0 Å². The number of hydrogen-bond donors (Lipinski definition) is 0. The summed E-state index contributed by atoms with van der Waals surface area (Å²) < 4.78 is 56.3. The van der Waals surface area contributed by atoms with Gasteiger partial charge in [-0.05, 0) is 48.9 Å². The van der Waals surface area contributed by atoms with E-state index in [1.54, 1.807) is 20.8 Å². The zero-order chi connectivity index (χ0) is 19.3. The van der Waals surface area contributed by atoms with Gasteiger partial charge in [0, 0.05) is 25.7 Å². The van der Waals surface area contributed by atoms with Gasteiger partial charge in [0.2, 0.25) is 11.8 Å². The van der Waals surface area contributed by atoms with E-state index in [4.69, 9.17) is 0 Å². The fraction of sp³-hybridized carbons (Fsp3) is 1.00. The van der Waals surface area contributed by atoms with Crippen LogP contribution in [0.15, 0.2) is 0 Å². The van der Waals surface area contributed by atoms with E-state index in [9.17, 15) is 17.6 Å². The largest absolute Gasteiger partial charge is 0.248 e. The molecule has 0 N–H and O–H groups in total. The molecule has 4 heteroatoms. The van der Waals surface area contributed by atoms with E-state index in [1.807, 2.05) is 6.92 Å². The lowest BCUT2D eigenvalue weighted by Gasteiger charge is -2.29. The third kappa shape index (κ3) is 8.30. The smallest absolute Gasteiger partial charge is 0.207 e. The van der Waals surface area contributed by atoms with Crippen LogP contribution in [0.1, 0.15) is 98.8 Å². The quantitative estimate of drug-likeness (QED) is 0.289. The van der Waals surface area contributed by atoms with Crippen LogP contribution in [0.25, 0.3) is 0 Å². The molecule has 3 unspecified atom stereocenters. The maximum Gasteiger partial charge on any atom is 0.248 e. The van der Waals surface area contributed by atoms with Gasteiger partial charge in [-0.15, -0.1) is 0 Å². The van der Waals surface area contributed by atoms with Crippen LogP contribution in [0.2, 0.25) is 0 Å². The molecule has 25 heavy (non-hydrogen) atoms. The lowest BCUT2D eigenvalue weighted by Crippen LogP contribution is -2.28. The average Bonchev–Trinajstić information content (AvgIpc) is 3.24. The van der Waals surface area contributed by atoms with Crippen molar-refractivity contribution in [3.8, 4) is 0 Å². The van der Waals surface area contributed by atoms with E-state index in [-0.39, 0.29) is 31.6 Å². The standard InChI is InChI=1S/C21H38F4/c1-6-9-20(22,23)14-17(4)18(5)15-21(24,25)13-16(3)8-10-19(7-2)11-12-19/h16-18H,6-15H2,1-5H3. The molecule has 0 radical (unpaired) electrons. The highest BCUT2D eigenvalue weighted by Gasteiger charge is 2.41. The SMILES string of the molecule is CCCC(F)(F)CC(C)C(C)CC(F)(F)CC(C)CCC1(CC)CC1. The van der Waals surface area contributed by atoms with Gasteiger partial charge in [-0.3, -0.25) is 0 Å². The molecule has 0 heterocycles. The number of halogens is 4. The van der Waals surface area contributed by atoms with Crippen LogP contribution < -0.4 is 0 Å². The number of rotatable bonds is 13. The summed E-state index contributed by atoms with van der Waals surface area (Å²) in [6, 6.07) is 0. The van der Waals surface area contributed by atoms with E-state index in [0.29, 0.717) is 11.8 Å². The lowest BCUT2D eigenvalue weighted by atomic mass is 9.82. The molecule has 0 nitrogen and oxygen atoms in total. The van der Waals surface area contributed by atoms with Crippen molar-refractivity contribution in [3.05, 3.63) is 0 Å². The van der Waals surface area contributed by atoms with E-state index in [1.165, 1.54) is 12.8 Å². The first-order valence-corrected chi connectivity index (χ1v) is 10.2. The average molecular weight is 367 g/mol. The second-order valence-corrected chi connectivity index (χ2v) is 9.03. The van der Waals surface area contributed by atoms with E-state index >= 15 is 0 Å². The summed E-state index contributed by atoms with van der Waals surface area (Å²) >= 11 is 0. The molecule has 1 fully saturated rings. The van der Waals surface area contributed by atoms with Crippen LogP contribution in [0.5, 0.6) is 0 Å². The summed E-state index contributed by atoms with van der Waals surface area (Å²) in [4.78, 5) is 0. The first-order chi connectivity index (χ1) is 11.4. The maximum atomic E-state index is 14.4. The van der Waals surface area contributed by atoms with E-state index in [0.717, 1.165) is 19.3 Å². The van der Waals surface area contributed by atoms with Gasteiger partial charge in [0.15, 0.2) is 0 Å². The summed E-state index contributed by atoms with van der Waals surface area (Å²) in [5, 5.41) is 0. The van der Waals surface area contributed by atoms with Gasteiger partial charge in [0.05, 0.1) is 0 Å². The van der Waals surface area contributed by atoms with Crippen LogP contribution in [-0.2, 0) is 0 Å². The first kappa shape index (κ1) is 22.8. The Hall–Kier alpha value is -0.280. The molecule has 1 saturated carbocycles. The molecule has 1 aliphatic carbocycles. The van der Waals surface area contributed by atoms with Crippen molar-refractivity contribution < 1.29 is 17.6 Å². The summed E-state index contributed by atoms with van der Waals surface area (Å²) in [5.74, 6) is -6.28. The minimum absolute atomic E-state index is 0.0111. The van der Waals surface area contributed by atoms with Gasteiger partial charge in [0.25, 0.3) is 0 Å². The van der Waals surface area contributed by atoms with Crippen molar-refractivity contribution in [2.45, 2.75) is 111 Å². The molecule has 0 aromatic heterocycles. The number of alkyl halides is 4. The molecule has 0 amide bonds. The van der Waals surface area contributed by atoms with Crippen LogP contribution >= 0.6 is 0 Å². The Morgan fingerprint density at radius 2 is 1.36 bits per heavy atom. The highest BCUT2D eigenvalue weighted by atomic mass is 19.3. The monoisotopic (exact) mass is 366 g/mol. The molecule has 0 saturated heterocycles. The summed E-state index contributed by atoms with van der Waals surface area (Å²) in [6.07, 6.45) is 5.12. The lowest BCUT2D eigenvalue weighted by molar-refractivity contribution is -0.0654. The molecular formula is C21H38F4. The van der Waals surface area contributed by atoms with Crippen LogP contribution in [0.3, 0.4) is 0 Å². The minimum atomic E-state index is -2.75. The molecule has 0 aromatic rings. The normalized spacial score (nSPS) is 21.0. The van der Waals surface area contributed by atoms with Gasteiger partial charge >= 0.3 is 0 Å². The van der Waals surface area contributed by atoms with Crippen molar-refractivity contribution in [1.82, 2.24) is 0 Å². The molecule has 0 aromatic carbocycles. The predicted octanol–water partition coefficient (Wildman–Crippen LogP) is 8.11. The Balaban J connectivity index is 2.41. The Morgan fingerprint density at radius 3 is 1.80 bits per heavy atom. The van der Waals surface area contributed by atoms with Crippen molar-refractivity contribution in [2.24, 2.45) is 23.2 Å².